The van der Waals surface area contributed by atoms with E-state index < -0.39 is 0 Å². The number of benzene rings is 2. The maximum absolute atomic E-state index is 12.3. The molecule has 0 aliphatic carbocycles. The Balaban J connectivity index is 1.71. The second-order valence-electron chi connectivity index (χ2n) is 5.14. The Kier molecular flexibility index (Phi) is 4.39. The highest BCUT2D eigenvalue weighted by Gasteiger charge is 2.18. The lowest BCUT2D eigenvalue weighted by atomic mass is 10.2. The van der Waals surface area contributed by atoms with Crippen molar-refractivity contribution in [3.05, 3.63) is 71.6 Å². The van der Waals surface area contributed by atoms with Crippen LogP contribution in [0.25, 0.3) is 11.5 Å². The fourth-order valence-corrected chi connectivity index (χ4v) is 2.20. The van der Waals surface area contributed by atoms with Gasteiger partial charge in [-0.1, -0.05) is 18.2 Å². The standard InChI is InChI=1S/C19H14N2O3/c1-13-18(21-19(24-13)15-5-3-2-4-6-15)17(22)12-23-16-9-7-14(11-20)8-10-16/h2-10H,12H2,1H3. The molecule has 24 heavy (non-hydrogen) atoms. The van der Waals surface area contributed by atoms with Crippen LogP contribution in [-0.2, 0) is 0 Å². The molecule has 0 aliphatic rings. The summed E-state index contributed by atoms with van der Waals surface area (Å²) < 4.78 is 11.0. The number of Topliss-reactive ketones (excluding diaryl/α,β-unsaturated/α-hetero) is 1. The zero-order chi connectivity index (χ0) is 16.9. The van der Waals surface area contributed by atoms with Crippen LogP contribution >= 0.6 is 0 Å². The number of nitriles is 1. The van der Waals surface area contributed by atoms with Crippen LogP contribution in [0.3, 0.4) is 0 Å². The van der Waals surface area contributed by atoms with Crippen molar-refractivity contribution in [2.24, 2.45) is 0 Å². The summed E-state index contributed by atoms with van der Waals surface area (Å²) in [5.41, 5.74) is 1.61. The SMILES string of the molecule is Cc1oc(-c2ccccc2)nc1C(=O)COc1ccc(C#N)cc1. The van der Waals surface area contributed by atoms with Gasteiger partial charge >= 0.3 is 0 Å². The number of rotatable bonds is 5. The zero-order valence-corrected chi connectivity index (χ0v) is 13.0. The van der Waals surface area contributed by atoms with Gasteiger partial charge < -0.3 is 9.15 Å². The van der Waals surface area contributed by atoms with Crippen molar-refractivity contribution in [1.82, 2.24) is 4.98 Å². The van der Waals surface area contributed by atoms with Gasteiger partial charge in [-0.25, -0.2) is 4.98 Å². The molecule has 0 radical (unpaired) electrons. The summed E-state index contributed by atoms with van der Waals surface area (Å²) in [7, 11) is 0. The van der Waals surface area contributed by atoms with Crippen molar-refractivity contribution in [1.29, 1.82) is 5.26 Å². The van der Waals surface area contributed by atoms with Crippen LogP contribution in [0.2, 0.25) is 0 Å². The van der Waals surface area contributed by atoms with Gasteiger partial charge in [-0.15, -0.1) is 0 Å². The molecule has 0 unspecified atom stereocenters. The number of ether oxygens (including phenoxy) is 1. The van der Waals surface area contributed by atoms with Crippen molar-refractivity contribution in [3.63, 3.8) is 0 Å². The van der Waals surface area contributed by atoms with E-state index in [1.54, 1.807) is 31.2 Å². The Hall–Kier alpha value is -3.39. The summed E-state index contributed by atoms with van der Waals surface area (Å²) in [6.45, 7) is 1.56. The van der Waals surface area contributed by atoms with Crippen LogP contribution in [0.4, 0.5) is 0 Å². The van der Waals surface area contributed by atoms with Gasteiger partial charge in [0.1, 0.15) is 11.5 Å². The number of aromatic nitrogens is 1. The maximum Gasteiger partial charge on any atom is 0.226 e. The molecule has 5 nitrogen and oxygen atoms in total. The summed E-state index contributed by atoms with van der Waals surface area (Å²) in [6.07, 6.45) is 0. The molecular formula is C19H14N2O3. The van der Waals surface area contributed by atoms with Crippen LogP contribution in [0.5, 0.6) is 5.75 Å². The molecule has 2 aromatic carbocycles. The molecule has 0 aliphatic heterocycles. The summed E-state index contributed by atoms with van der Waals surface area (Å²) >= 11 is 0. The van der Waals surface area contributed by atoms with E-state index in [0.717, 1.165) is 5.56 Å². The van der Waals surface area contributed by atoms with E-state index in [-0.39, 0.29) is 18.1 Å². The first kappa shape index (κ1) is 15.5. The average molecular weight is 318 g/mol. The number of hydrogen-bond acceptors (Lipinski definition) is 5. The van der Waals surface area contributed by atoms with E-state index in [0.29, 0.717) is 23.0 Å². The minimum Gasteiger partial charge on any atom is -0.485 e. The molecule has 0 atom stereocenters. The fourth-order valence-electron chi connectivity index (χ4n) is 2.20. The first-order valence-electron chi connectivity index (χ1n) is 7.36. The highest BCUT2D eigenvalue weighted by molar-refractivity contribution is 5.96. The molecule has 0 fully saturated rings. The second-order valence-corrected chi connectivity index (χ2v) is 5.14. The topological polar surface area (TPSA) is 76.1 Å². The van der Waals surface area contributed by atoms with Gasteiger partial charge in [-0.3, -0.25) is 4.79 Å². The second kappa shape index (κ2) is 6.80. The van der Waals surface area contributed by atoms with Gasteiger partial charge in [0.25, 0.3) is 0 Å². The normalized spacial score (nSPS) is 10.2. The smallest absolute Gasteiger partial charge is 0.226 e. The number of ketones is 1. The zero-order valence-electron chi connectivity index (χ0n) is 13.0. The molecule has 0 saturated carbocycles. The minimum absolute atomic E-state index is 0.145. The summed E-state index contributed by atoms with van der Waals surface area (Å²) in [5.74, 6) is 1.13. The fraction of sp³-hybridized carbons (Fsp3) is 0.105. The number of hydrogen-bond donors (Lipinski definition) is 0. The molecule has 118 valence electrons. The highest BCUT2D eigenvalue weighted by Crippen LogP contribution is 2.22. The van der Waals surface area contributed by atoms with Gasteiger partial charge in [-0.05, 0) is 43.3 Å². The van der Waals surface area contributed by atoms with E-state index >= 15 is 0 Å². The van der Waals surface area contributed by atoms with E-state index in [1.165, 1.54) is 0 Å². The molecule has 0 amide bonds. The molecule has 0 spiro atoms. The van der Waals surface area contributed by atoms with Crippen LogP contribution in [0.1, 0.15) is 21.8 Å². The van der Waals surface area contributed by atoms with Gasteiger partial charge in [0.05, 0.1) is 11.6 Å². The molecular weight excluding hydrogens is 304 g/mol. The van der Waals surface area contributed by atoms with E-state index in [9.17, 15) is 4.79 Å². The number of nitrogens with zero attached hydrogens (tertiary/aromatic N) is 2. The molecule has 3 rings (SSSR count). The molecule has 5 heteroatoms. The van der Waals surface area contributed by atoms with Gasteiger partial charge in [0.15, 0.2) is 12.3 Å². The Morgan fingerprint density at radius 2 is 1.88 bits per heavy atom. The summed E-state index contributed by atoms with van der Waals surface area (Å²) in [5, 5.41) is 8.76. The first-order chi connectivity index (χ1) is 11.7. The Morgan fingerprint density at radius 1 is 1.17 bits per heavy atom. The predicted molar refractivity (Wildman–Crippen MR) is 87.7 cm³/mol. The third-order valence-electron chi connectivity index (χ3n) is 3.43. The molecule has 0 N–H and O–H groups in total. The van der Waals surface area contributed by atoms with Crippen molar-refractivity contribution in [3.8, 4) is 23.3 Å². The minimum atomic E-state index is -0.261. The quantitative estimate of drug-likeness (QED) is 0.669. The molecule has 3 aromatic rings. The van der Waals surface area contributed by atoms with Crippen molar-refractivity contribution < 1.29 is 13.9 Å². The van der Waals surface area contributed by atoms with E-state index in [4.69, 9.17) is 14.4 Å². The Morgan fingerprint density at radius 3 is 2.54 bits per heavy atom. The Labute approximate surface area is 139 Å². The largest absolute Gasteiger partial charge is 0.485 e. The van der Waals surface area contributed by atoms with Crippen molar-refractivity contribution in [2.45, 2.75) is 6.92 Å². The van der Waals surface area contributed by atoms with Crippen molar-refractivity contribution >= 4 is 5.78 Å². The van der Waals surface area contributed by atoms with Crippen LogP contribution in [-0.4, -0.2) is 17.4 Å². The third kappa shape index (κ3) is 3.33. The average Bonchev–Trinajstić information content (AvgIpc) is 3.03. The lowest BCUT2D eigenvalue weighted by Gasteiger charge is -2.04. The summed E-state index contributed by atoms with van der Waals surface area (Å²) in [6, 6.07) is 18.0. The van der Waals surface area contributed by atoms with Crippen LogP contribution < -0.4 is 4.74 Å². The third-order valence-corrected chi connectivity index (χ3v) is 3.43. The molecule has 1 aromatic heterocycles. The molecule has 0 saturated heterocycles. The number of carbonyl (C=O) groups excluding carboxylic acids is 1. The lowest BCUT2D eigenvalue weighted by Crippen LogP contribution is -2.13. The van der Waals surface area contributed by atoms with Gasteiger partial charge in [0.2, 0.25) is 11.7 Å². The lowest BCUT2D eigenvalue weighted by molar-refractivity contribution is 0.0915. The Bertz CT molecular complexity index is 891. The molecule has 0 bridgehead atoms. The number of aryl methyl sites for hydroxylation is 1. The van der Waals surface area contributed by atoms with Gasteiger partial charge in [-0.2, -0.15) is 5.26 Å². The number of carbonyl (C=O) groups is 1. The van der Waals surface area contributed by atoms with Crippen molar-refractivity contribution in [2.75, 3.05) is 6.61 Å². The van der Waals surface area contributed by atoms with Crippen LogP contribution in [0, 0.1) is 18.3 Å². The van der Waals surface area contributed by atoms with E-state index in [1.807, 2.05) is 36.4 Å². The molecule has 1 heterocycles. The first-order valence-corrected chi connectivity index (χ1v) is 7.36. The number of oxazole rings is 1. The van der Waals surface area contributed by atoms with Crippen LogP contribution in [0.15, 0.2) is 59.0 Å². The predicted octanol–water partition coefficient (Wildman–Crippen LogP) is 3.78. The van der Waals surface area contributed by atoms with Gasteiger partial charge in [0, 0.05) is 5.56 Å². The monoisotopic (exact) mass is 318 g/mol. The maximum atomic E-state index is 12.3. The summed E-state index contributed by atoms with van der Waals surface area (Å²) in [4.78, 5) is 16.6. The highest BCUT2D eigenvalue weighted by atomic mass is 16.5. The van der Waals surface area contributed by atoms with E-state index in [2.05, 4.69) is 4.98 Å².